The number of amides is 1. The van der Waals surface area contributed by atoms with Crippen LogP contribution in [0.2, 0.25) is 0 Å². The second-order valence-corrected chi connectivity index (χ2v) is 8.06. The summed E-state index contributed by atoms with van der Waals surface area (Å²) in [6.45, 7) is 3.50. The number of imidazole rings is 1. The number of carbonyl (C=O) groups excluding carboxylic acids is 1. The van der Waals surface area contributed by atoms with Gasteiger partial charge in [0.05, 0.1) is 18.9 Å². The van der Waals surface area contributed by atoms with E-state index in [1.54, 1.807) is 29.2 Å². The number of nitrogens with one attached hydrogen (secondary N) is 2. The maximum absolute atomic E-state index is 15.0. The van der Waals surface area contributed by atoms with E-state index in [1.807, 2.05) is 6.92 Å². The van der Waals surface area contributed by atoms with Gasteiger partial charge in [-0.05, 0) is 19.8 Å². The van der Waals surface area contributed by atoms with E-state index in [2.05, 4.69) is 30.7 Å². The van der Waals surface area contributed by atoms with E-state index < -0.39 is 5.82 Å². The number of rotatable bonds is 5. The third-order valence-corrected chi connectivity index (χ3v) is 5.49. The van der Waals surface area contributed by atoms with Crippen LogP contribution in [0.1, 0.15) is 26.7 Å². The quantitative estimate of drug-likeness (QED) is 0.504. The molecule has 4 aromatic heterocycles. The topological polar surface area (TPSA) is 111 Å². The van der Waals surface area contributed by atoms with E-state index in [0.717, 1.165) is 12.8 Å². The fourth-order valence-corrected chi connectivity index (χ4v) is 4.28. The van der Waals surface area contributed by atoms with Gasteiger partial charge in [0, 0.05) is 48.9 Å². The van der Waals surface area contributed by atoms with Crippen LogP contribution < -0.4 is 15.4 Å². The van der Waals surface area contributed by atoms with E-state index in [-0.39, 0.29) is 23.4 Å². The van der Waals surface area contributed by atoms with Crippen molar-refractivity contribution < 1.29 is 13.9 Å². The minimum Gasteiger partial charge on any atom is -0.479 e. The molecule has 11 heteroatoms. The first kappa shape index (κ1) is 19.2. The lowest BCUT2D eigenvalue weighted by atomic mass is 9.74. The summed E-state index contributed by atoms with van der Waals surface area (Å²) in [6.07, 6.45) is 9.43. The van der Waals surface area contributed by atoms with Gasteiger partial charge in [0.2, 0.25) is 23.5 Å². The minimum atomic E-state index is -0.465. The predicted molar refractivity (Wildman–Crippen MR) is 110 cm³/mol. The molecule has 4 aromatic rings. The van der Waals surface area contributed by atoms with Crippen molar-refractivity contribution in [2.45, 2.75) is 38.3 Å². The highest BCUT2D eigenvalue weighted by Gasteiger charge is 2.41. The summed E-state index contributed by atoms with van der Waals surface area (Å²) in [5, 5.41) is 10.6. The standard InChI is InChI=1S/C20H21FN8O2/c1-11(30)26-20(2)6-13(7-20)24-18-25-17(31-3)16-15(14(21)10-29(16)27-18)12-8-23-19-22-4-5-28(19)9-12/h4-5,8-10,13H,6-7H2,1-3H3,(H,24,27)(H,26,30). The van der Waals surface area contributed by atoms with E-state index in [0.29, 0.717) is 28.4 Å². The van der Waals surface area contributed by atoms with Gasteiger partial charge in [0.25, 0.3) is 0 Å². The van der Waals surface area contributed by atoms with Crippen molar-refractivity contribution in [2.24, 2.45) is 0 Å². The Hall–Kier alpha value is -3.76. The van der Waals surface area contributed by atoms with E-state index in [4.69, 9.17) is 4.74 Å². The molecule has 160 valence electrons. The molecule has 1 aliphatic rings. The number of fused-ring (bicyclic) bond motifs is 2. The molecule has 0 radical (unpaired) electrons. The molecular formula is C20H21FN8O2. The van der Waals surface area contributed by atoms with E-state index >= 15 is 0 Å². The zero-order valence-corrected chi connectivity index (χ0v) is 17.3. The van der Waals surface area contributed by atoms with Crippen molar-refractivity contribution in [2.75, 3.05) is 12.4 Å². The Labute approximate surface area is 176 Å². The first-order valence-electron chi connectivity index (χ1n) is 9.82. The van der Waals surface area contributed by atoms with Gasteiger partial charge in [0.1, 0.15) is 5.52 Å². The Morgan fingerprint density at radius 3 is 2.87 bits per heavy atom. The molecule has 10 nitrogen and oxygen atoms in total. The molecule has 31 heavy (non-hydrogen) atoms. The van der Waals surface area contributed by atoms with Crippen molar-refractivity contribution in [3.63, 3.8) is 0 Å². The molecule has 0 aromatic carbocycles. The van der Waals surface area contributed by atoms with Crippen molar-refractivity contribution >= 4 is 23.1 Å². The highest BCUT2D eigenvalue weighted by atomic mass is 19.1. The van der Waals surface area contributed by atoms with Crippen LogP contribution in [0.15, 0.2) is 31.0 Å². The first-order valence-corrected chi connectivity index (χ1v) is 9.82. The molecule has 4 heterocycles. The van der Waals surface area contributed by atoms with Crippen molar-refractivity contribution in [3.05, 3.63) is 36.8 Å². The monoisotopic (exact) mass is 424 g/mol. The molecule has 1 aliphatic carbocycles. The third-order valence-electron chi connectivity index (χ3n) is 5.49. The number of halogens is 1. The molecule has 0 atom stereocenters. The van der Waals surface area contributed by atoms with Gasteiger partial charge in [-0.15, -0.1) is 5.10 Å². The zero-order valence-electron chi connectivity index (χ0n) is 17.3. The fraction of sp³-hybridized carbons (Fsp3) is 0.350. The average molecular weight is 424 g/mol. The fourth-order valence-electron chi connectivity index (χ4n) is 4.28. The van der Waals surface area contributed by atoms with Crippen molar-refractivity contribution in [1.82, 2.24) is 34.3 Å². The molecule has 0 aliphatic heterocycles. The van der Waals surface area contributed by atoms with Crippen LogP contribution in [0.3, 0.4) is 0 Å². The smallest absolute Gasteiger partial charge is 0.244 e. The third kappa shape index (κ3) is 3.31. The molecular weight excluding hydrogens is 403 g/mol. The maximum Gasteiger partial charge on any atom is 0.244 e. The number of hydrogen-bond donors (Lipinski definition) is 2. The van der Waals surface area contributed by atoms with Crippen LogP contribution in [0.5, 0.6) is 5.88 Å². The summed E-state index contributed by atoms with van der Waals surface area (Å²) >= 11 is 0. The predicted octanol–water partition coefficient (Wildman–Crippen LogP) is 2.06. The molecule has 1 saturated carbocycles. The molecule has 2 N–H and O–H groups in total. The second kappa shape index (κ2) is 6.89. The first-order chi connectivity index (χ1) is 14.8. The van der Waals surface area contributed by atoms with Crippen molar-refractivity contribution in [3.8, 4) is 17.0 Å². The van der Waals surface area contributed by atoms with Gasteiger partial charge in [-0.3, -0.25) is 9.20 Å². The van der Waals surface area contributed by atoms with E-state index in [1.165, 1.54) is 24.7 Å². The zero-order chi connectivity index (χ0) is 21.8. The summed E-state index contributed by atoms with van der Waals surface area (Å²) in [5.41, 5.74) is 1.01. The Kier molecular flexibility index (Phi) is 4.27. The molecule has 0 unspecified atom stereocenters. The van der Waals surface area contributed by atoms with Gasteiger partial charge >= 0.3 is 0 Å². The Bertz CT molecular complexity index is 1310. The Morgan fingerprint density at radius 2 is 2.13 bits per heavy atom. The SMILES string of the molecule is COc1nc(NC2CC(C)(NC(C)=O)C2)nn2cc(F)c(-c3cnc4nccn4c3)c12. The number of ether oxygens (including phenoxy) is 1. The van der Waals surface area contributed by atoms with Gasteiger partial charge in [-0.1, -0.05) is 0 Å². The highest BCUT2D eigenvalue weighted by Crippen LogP contribution is 2.36. The van der Waals surface area contributed by atoms with Gasteiger partial charge < -0.3 is 15.4 Å². The molecule has 0 bridgehead atoms. The number of nitrogens with zero attached hydrogens (tertiary/aromatic N) is 6. The Morgan fingerprint density at radius 1 is 1.32 bits per heavy atom. The van der Waals surface area contributed by atoms with Gasteiger partial charge in [-0.2, -0.15) is 4.98 Å². The number of aromatic nitrogens is 6. The van der Waals surface area contributed by atoms with Crippen LogP contribution in [-0.2, 0) is 4.79 Å². The largest absolute Gasteiger partial charge is 0.479 e. The number of carbonyl (C=O) groups is 1. The lowest BCUT2D eigenvalue weighted by Gasteiger charge is -2.45. The molecule has 0 spiro atoms. The van der Waals surface area contributed by atoms with Crippen molar-refractivity contribution in [1.29, 1.82) is 0 Å². The molecule has 1 fully saturated rings. The van der Waals surface area contributed by atoms with Gasteiger partial charge in [-0.25, -0.2) is 18.9 Å². The van der Waals surface area contributed by atoms with Crippen LogP contribution in [0.4, 0.5) is 10.3 Å². The van der Waals surface area contributed by atoms with Crippen LogP contribution in [0, 0.1) is 5.82 Å². The molecule has 1 amide bonds. The second-order valence-electron chi connectivity index (χ2n) is 8.06. The molecule has 0 saturated heterocycles. The maximum atomic E-state index is 15.0. The number of anilines is 1. The lowest BCUT2D eigenvalue weighted by molar-refractivity contribution is -0.121. The van der Waals surface area contributed by atoms with Crippen LogP contribution in [0.25, 0.3) is 22.4 Å². The molecule has 5 rings (SSSR count). The number of methoxy groups -OCH3 is 1. The summed E-state index contributed by atoms with van der Waals surface area (Å²) in [6, 6.07) is 0.0896. The van der Waals surface area contributed by atoms with Gasteiger partial charge in [0.15, 0.2) is 5.82 Å². The highest BCUT2D eigenvalue weighted by molar-refractivity contribution is 5.84. The summed E-state index contributed by atoms with van der Waals surface area (Å²) < 4.78 is 23.6. The van der Waals surface area contributed by atoms with Crippen LogP contribution >= 0.6 is 0 Å². The Balaban J connectivity index is 1.48. The number of hydrogen-bond acceptors (Lipinski definition) is 7. The summed E-state index contributed by atoms with van der Waals surface area (Å²) in [5.74, 6) is 0.566. The lowest BCUT2D eigenvalue weighted by Crippen LogP contribution is -2.59. The normalized spacial score (nSPS) is 20.6. The van der Waals surface area contributed by atoms with Crippen LogP contribution in [-0.4, -0.2) is 53.6 Å². The van der Waals surface area contributed by atoms with E-state index in [9.17, 15) is 9.18 Å². The summed E-state index contributed by atoms with van der Waals surface area (Å²) in [7, 11) is 1.48. The minimum absolute atomic E-state index is 0.0565. The average Bonchev–Trinajstić information content (AvgIpc) is 3.28. The summed E-state index contributed by atoms with van der Waals surface area (Å²) in [4.78, 5) is 24.1.